The Hall–Kier alpha value is -2.83. The van der Waals surface area contributed by atoms with Crippen LogP contribution in [0, 0.1) is 18.6 Å². The number of aryl methyl sites for hydroxylation is 1. The van der Waals surface area contributed by atoms with Crippen LogP contribution in [0.5, 0.6) is 0 Å². The number of rotatable bonds is 4. The van der Waals surface area contributed by atoms with Crippen LogP contribution < -0.4 is 5.32 Å². The van der Waals surface area contributed by atoms with Crippen molar-refractivity contribution in [3.05, 3.63) is 65.6 Å². The highest BCUT2D eigenvalue weighted by Gasteiger charge is 2.06. The van der Waals surface area contributed by atoms with Crippen LogP contribution in [0.3, 0.4) is 0 Å². The van der Waals surface area contributed by atoms with E-state index in [9.17, 15) is 8.78 Å². The predicted molar refractivity (Wildman–Crippen MR) is 77.6 cm³/mol. The van der Waals surface area contributed by atoms with Gasteiger partial charge in [-0.2, -0.15) is 10.1 Å². The van der Waals surface area contributed by atoms with Crippen molar-refractivity contribution in [2.45, 2.75) is 13.5 Å². The van der Waals surface area contributed by atoms with Gasteiger partial charge in [-0.05, 0) is 19.1 Å². The Bertz CT molecular complexity index is 800. The molecule has 0 aliphatic carbocycles. The van der Waals surface area contributed by atoms with Crippen molar-refractivity contribution < 1.29 is 8.78 Å². The number of hydrogen-bond acceptors (Lipinski definition) is 4. The van der Waals surface area contributed by atoms with E-state index in [4.69, 9.17) is 0 Å². The molecule has 0 fully saturated rings. The molecule has 0 atom stereocenters. The molecule has 0 amide bonds. The van der Waals surface area contributed by atoms with Gasteiger partial charge in [-0.1, -0.05) is 6.07 Å². The standard InChI is InChI=1S/C15H13F2N5/c1-10-5-7-22(21-10)14-4-6-18-15(20-14)19-9-11-2-3-12(16)8-13(11)17/h2-8H,9H2,1H3,(H,18,19,20). The van der Waals surface area contributed by atoms with Gasteiger partial charge in [0.15, 0.2) is 5.82 Å². The minimum Gasteiger partial charge on any atom is -0.350 e. The summed E-state index contributed by atoms with van der Waals surface area (Å²) < 4.78 is 28.0. The number of aromatic nitrogens is 4. The lowest BCUT2D eigenvalue weighted by molar-refractivity contribution is 0.574. The molecule has 3 rings (SSSR count). The van der Waals surface area contributed by atoms with Crippen LogP contribution in [-0.4, -0.2) is 19.7 Å². The Morgan fingerprint density at radius 1 is 1.18 bits per heavy atom. The number of nitrogens with one attached hydrogen (secondary N) is 1. The van der Waals surface area contributed by atoms with Crippen LogP contribution in [0.2, 0.25) is 0 Å². The molecule has 0 bridgehead atoms. The number of benzene rings is 1. The Balaban J connectivity index is 1.75. The molecular formula is C15H13F2N5. The van der Waals surface area contributed by atoms with Gasteiger partial charge in [-0.25, -0.2) is 18.4 Å². The lowest BCUT2D eigenvalue weighted by Crippen LogP contribution is -2.07. The fourth-order valence-corrected chi connectivity index (χ4v) is 1.94. The molecule has 22 heavy (non-hydrogen) atoms. The molecule has 3 aromatic rings. The van der Waals surface area contributed by atoms with E-state index >= 15 is 0 Å². The van der Waals surface area contributed by atoms with E-state index in [0.29, 0.717) is 17.3 Å². The number of halogens is 2. The summed E-state index contributed by atoms with van der Waals surface area (Å²) >= 11 is 0. The summed E-state index contributed by atoms with van der Waals surface area (Å²) in [5, 5.41) is 7.17. The molecule has 112 valence electrons. The van der Waals surface area contributed by atoms with Crippen molar-refractivity contribution in [3.63, 3.8) is 0 Å². The van der Waals surface area contributed by atoms with E-state index in [-0.39, 0.29) is 6.54 Å². The zero-order valence-electron chi connectivity index (χ0n) is 11.8. The summed E-state index contributed by atoms with van der Waals surface area (Å²) in [4.78, 5) is 8.37. The van der Waals surface area contributed by atoms with Crippen molar-refractivity contribution in [1.29, 1.82) is 0 Å². The molecule has 0 aliphatic heterocycles. The maximum absolute atomic E-state index is 13.6. The molecule has 0 unspecified atom stereocenters. The van der Waals surface area contributed by atoms with Crippen molar-refractivity contribution in [2.75, 3.05) is 5.32 Å². The molecule has 0 saturated carbocycles. The lowest BCUT2D eigenvalue weighted by atomic mass is 10.2. The highest BCUT2D eigenvalue weighted by atomic mass is 19.1. The van der Waals surface area contributed by atoms with Crippen LogP contribution >= 0.6 is 0 Å². The number of nitrogens with zero attached hydrogens (tertiary/aromatic N) is 4. The third kappa shape index (κ3) is 3.08. The Labute approximate surface area is 125 Å². The van der Waals surface area contributed by atoms with E-state index in [2.05, 4.69) is 20.4 Å². The fourth-order valence-electron chi connectivity index (χ4n) is 1.94. The third-order valence-electron chi connectivity index (χ3n) is 3.05. The Morgan fingerprint density at radius 2 is 2.05 bits per heavy atom. The van der Waals surface area contributed by atoms with Crippen molar-refractivity contribution in [3.8, 4) is 5.82 Å². The molecule has 0 spiro atoms. The fraction of sp³-hybridized carbons (Fsp3) is 0.133. The van der Waals surface area contributed by atoms with Gasteiger partial charge in [0.1, 0.15) is 11.6 Å². The van der Waals surface area contributed by atoms with Gasteiger partial charge >= 0.3 is 0 Å². The zero-order chi connectivity index (χ0) is 15.5. The minimum atomic E-state index is -0.605. The summed E-state index contributed by atoms with van der Waals surface area (Å²) in [6.07, 6.45) is 3.38. The lowest BCUT2D eigenvalue weighted by Gasteiger charge is -2.07. The van der Waals surface area contributed by atoms with Crippen molar-refractivity contribution >= 4 is 5.95 Å². The molecule has 0 radical (unpaired) electrons. The molecule has 2 heterocycles. The molecular weight excluding hydrogens is 288 g/mol. The number of hydrogen-bond donors (Lipinski definition) is 1. The molecule has 2 aromatic heterocycles. The van der Waals surface area contributed by atoms with Gasteiger partial charge in [0, 0.05) is 36.6 Å². The van der Waals surface area contributed by atoms with Gasteiger partial charge in [-0.3, -0.25) is 0 Å². The normalized spacial score (nSPS) is 10.7. The molecule has 0 aliphatic rings. The third-order valence-corrected chi connectivity index (χ3v) is 3.05. The zero-order valence-corrected chi connectivity index (χ0v) is 11.8. The van der Waals surface area contributed by atoms with E-state index in [1.807, 2.05) is 13.0 Å². The first-order chi connectivity index (χ1) is 10.6. The van der Waals surface area contributed by atoms with Crippen LogP contribution in [0.25, 0.3) is 5.82 Å². The summed E-state index contributed by atoms with van der Waals surface area (Å²) in [5.41, 5.74) is 1.21. The van der Waals surface area contributed by atoms with Gasteiger partial charge in [0.2, 0.25) is 5.95 Å². The molecule has 5 nitrogen and oxygen atoms in total. The molecule has 7 heteroatoms. The smallest absolute Gasteiger partial charge is 0.224 e. The first kappa shape index (κ1) is 14.1. The monoisotopic (exact) mass is 301 g/mol. The SMILES string of the molecule is Cc1ccn(-c2ccnc(NCc3ccc(F)cc3F)n2)n1. The van der Waals surface area contributed by atoms with E-state index in [0.717, 1.165) is 11.8 Å². The highest BCUT2D eigenvalue weighted by Crippen LogP contribution is 2.12. The van der Waals surface area contributed by atoms with Gasteiger partial charge in [-0.15, -0.1) is 0 Å². The first-order valence-electron chi connectivity index (χ1n) is 6.65. The quantitative estimate of drug-likeness (QED) is 0.805. The second-order valence-corrected chi connectivity index (χ2v) is 4.73. The van der Waals surface area contributed by atoms with Crippen molar-refractivity contribution in [1.82, 2.24) is 19.7 Å². The van der Waals surface area contributed by atoms with Crippen LogP contribution in [0.15, 0.2) is 42.7 Å². The maximum atomic E-state index is 13.6. The molecule has 0 saturated heterocycles. The van der Waals surface area contributed by atoms with E-state index in [1.54, 1.807) is 23.1 Å². The van der Waals surface area contributed by atoms with Crippen LogP contribution in [0.1, 0.15) is 11.3 Å². The molecule has 1 N–H and O–H groups in total. The first-order valence-corrected chi connectivity index (χ1v) is 6.65. The highest BCUT2D eigenvalue weighted by molar-refractivity contribution is 5.33. The average molecular weight is 301 g/mol. The largest absolute Gasteiger partial charge is 0.350 e. The van der Waals surface area contributed by atoms with Gasteiger partial charge in [0.05, 0.1) is 5.69 Å². The Morgan fingerprint density at radius 3 is 2.77 bits per heavy atom. The van der Waals surface area contributed by atoms with Crippen molar-refractivity contribution in [2.24, 2.45) is 0 Å². The average Bonchev–Trinajstić information content (AvgIpc) is 2.93. The number of anilines is 1. The van der Waals surface area contributed by atoms with Gasteiger partial charge < -0.3 is 5.32 Å². The van der Waals surface area contributed by atoms with E-state index < -0.39 is 11.6 Å². The van der Waals surface area contributed by atoms with E-state index in [1.165, 1.54) is 12.1 Å². The van der Waals surface area contributed by atoms with Crippen LogP contribution in [0.4, 0.5) is 14.7 Å². The second kappa shape index (κ2) is 5.88. The summed E-state index contributed by atoms with van der Waals surface area (Å²) in [5.74, 6) is -0.264. The maximum Gasteiger partial charge on any atom is 0.224 e. The summed E-state index contributed by atoms with van der Waals surface area (Å²) in [6.45, 7) is 2.04. The second-order valence-electron chi connectivity index (χ2n) is 4.73. The molecule has 1 aromatic carbocycles. The van der Waals surface area contributed by atoms with Gasteiger partial charge in [0.25, 0.3) is 0 Å². The minimum absolute atomic E-state index is 0.160. The summed E-state index contributed by atoms with van der Waals surface area (Å²) in [7, 11) is 0. The van der Waals surface area contributed by atoms with Crippen LogP contribution in [-0.2, 0) is 6.54 Å². The topological polar surface area (TPSA) is 55.6 Å². The predicted octanol–water partition coefficient (Wildman–Crippen LogP) is 2.86. The summed E-state index contributed by atoms with van der Waals surface area (Å²) in [6, 6.07) is 7.03. The Kier molecular flexibility index (Phi) is 3.78.